The zero-order valence-corrected chi connectivity index (χ0v) is 32.5. The van der Waals surface area contributed by atoms with E-state index in [1.807, 2.05) is 22.8 Å². The fourth-order valence-electron chi connectivity index (χ4n) is 7.90. The quantitative estimate of drug-likeness (QED) is 0.0896. The van der Waals surface area contributed by atoms with Crippen molar-refractivity contribution in [1.29, 1.82) is 0 Å². The number of aliphatic hydroxyl groups excluding tert-OH is 1. The van der Waals surface area contributed by atoms with Crippen LogP contribution in [0.15, 0.2) is 65.6 Å². The van der Waals surface area contributed by atoms with Gasteiger partial charge < -0.3 is 40.2 Å². The van der Waals surface area contributed by atoms with Gasteiger partial charge in [-0.3, -0.25) is 19.2 Å². The van der Waals surface area contributed by atoms with E-state index >= 15 is 0 Å². The first-order valence-electron chi connectivity index (χ1n) is 20.0. The van der Waals surface area contributed by atoms with Crippen molar-refractivity contribution in [3.8, 4) is 5.75 Å². The molecule has 5 N–H and O–H groups in total. The van der Waals surface area contributed by atoms with E-state index in [0.717, 1.165) is 77.0 Å². The number of aryl methyl sites for hydroxylation is 1. The van der Waals surface area contributed by atoms with Crippen LogP contribution in [0.2, 0.25) is 0 Å². The maximum atomic E-state index is 13.2. The third-order valence-corrected chi connectivity index (χ3v) is 11.0. The molecule has 0 aliphatic carbocycles. The lowest BCUT2D eigenvalue weighted by Crippen LogP contribution is -2.56. The number of fused-ring (bicyclic) bond motifs is 1. The normalized spacial score (nSPS) is 19.6. The van der Waals surface area contributed by atoms with Gasteiger partial charge in [-0.15, -0.1) is 0 Å². The average Bonchev–Trinajstić information content (AvgIpc) is 3.63. The summed E-state index contributed by atoms with van der Waals surface area (Å²) in [5.41, 5.74) is 4.12. The molecule has 0 bridgehead atoms. The third kappa shape index (κ3) is 11.0. The van der Waals surface area contributed by atoms with Gasteiger partial charge in [0, 0.05) is 77.1 Å². The monoisotopic (exact) mass is 757 g/mol. The molecule has 2 saturated heterocycles. The number of phenolic OH excluding ortho intramolecular Hbond substituents is 1. The predicted molar refractivity (Wildman–Crippen MR) is 213 cm³/mol. The summed E-state index contributed by atoms with van der Waals surface area (Å²) in [6, 6.07) is 17.2. The number of rotatable bonds is 19. The van der Waals surface area contributed by atoms with E-state index in [0.29, 0.717) is 55.7 Å². The summed E-state index contributed by atoms with van der Waals surface area (Å²) in [6.45, 7) is 9.52. The van der Waals surface area contributed by atoms with Crippen molar-refractivity contribution in [3.05, 3.63) is 93.5 Å². The van der Waals surface area contributed by atoms with E-state index in [-0.39, 0.29) is 35.4 Å². The smallest absolute Gasteiger partial charge is 0.248 e. The molecule has 1 spiro atoms. The van der Waals surface area contributed by atoms with Crippen LogP contribution in [0.3, 0.4) is 0 Å². The second-order valence-electron chi connectivity index (χ2n) is 15.1. The Morgan fingerprint density at radius 2 is 2.00 bits per heavy atom. The van der Waals surface area contributed by atoms with E-state index in [4.69, 9.17) is 14.6 Å². The van der Waals surface area contributed by atoms with Crippen LogP contribution in [-0.2, 0) is 34.2 Å². The molecule has 1 amide bonds. The number of hydrogen-bond donors (Lipinski definition) is 5. The van der Waals surface area contributed by atoms with Gasteiger partial charge in [-0.1, -0.05) is 43.7 Å². The highest BCUT2D eigenvalue weighted by Gasteiger charge is 2.43. The third-order valence-electron chi connectivity index (χ3n) is 11.0. The molecule has 13 nitrogen and oxygen atoms in total. The number of aliphatic hydroxyl groups is 1. The summed E-state index contributed by atoms with van der Waals surface area (Å²) >= 11 is 0. The van der Waals surface area contributed by atoms with E-state index < -0.39 is 6.10 Å². The molecular weight excluding hydrogens is 699 g/mol. The molecule has 2 unspecified atom stereocenters. The van der Waals surface area contributed by atoms with Gasteiger partial charge in [0.2, 0.25) is 11.5 Å². The first-order chi connectivity index (χ1) is 26.7. The number of amides is 1. The van der Waals surface area contributed by atoms with Crippen LogP contribution in [0.25, 0.3) is 10.9 Å². The van der Waals surface area contributed by atoms with Crippen molar-refractivity contribution in [1.82, 2.24) is 35.2 Å². The van der Waals surface area contributed by atoms with Gasteiger partial charge in [-0.25, -0.2) is 0 Å². The predicted octanol–water partition coefficient (Wildman–Crippen LogP) is 3.61. The van der Waals surface area contributed by atoms with Crippen molar-refractivity contribution < 1.29 is 24.5 Å². The number of nitrogens with zero attached hydrogens (tertiary/aromatic N) is 4. The first-order valence-corrected chi connectivity index (χ1v) is 20.0. The number of aromatic amines is 1. The van der Waals surface area contributed by atoms with Gasteiger partial charge >= 0.3 is 0 Å². The summed E-state index contributed by atoms with van der Waals surface area (Å²) in [5.74, 6) is 0.0154. The molecule has 4 aromatic rings. The standard InChI is InChI=1S/C42H59N7O6/c1-3-4-19-49(23-17-43-29-38(51)33-8-10-37(50)41-34(33)9-11-39(52)45-41)40(53)15-25-54-24-14-32-7-5-6-31(27-32)12-21-48-22-16-42(30-44-18-26-55-42)28-36(48)35-13-20-47(2)46-35/h5-11,13,20,27,36,38,43-44,50-51H,3-4,12,14-19,21-26,28-30H2,1-2H3,(H,45,52)/t36?,38-,42?/m0/s1. The second kappa shape index (κ2) is 19.7. The van der Waals surface area contributed by atoms with Crippen LogP contribution in [0.4, 0.5) is 0 Å². The zero-order valence-electron chi connectivity index (χ0n) is 32.5. The van der Waals surface area contributed by atoms with Crippen LogP contribution < -0.4 is 16.2 Å². The van der Waals surface area contributed by atoms with Crippen molar-refractivity contribution in [3.63, 3.8) is 0 Å². The molecule has 6 rings (SSSR count). The summed E-state index contributed by atoms with van der Waals surface area (Å²) < 4.78 is 14.2. The molecule has 4 heterocycles. The lowest BCUT2D eigenvalue weighted by Gasteiger charge is -2.48. The van der Waals surface area contributed by atoms with Gasteiger partial charge in [-0.2, -0.15) is 5.10 Å². The van der Waals surface area contributed by atoms with Gasteiger partial charge in [0.05, 0.1) is 55.2 Å². The van der Waals surface area contributed by atoms with Gasteiger partial charge in [0.15, 0.2) is 0 Å². The minimum absolute atomic E-state index is 0.0450. The number of pyridine rings is 1. The SMILES string of the molecule is CCCCN(CCNC[C@H](O)c1ccc(O)c2[nH]c(=O)ccc12)C(=O)CCOCCc1cccc(CCN2CCC3(CNCCO3)CC2c2ccn(C)n2)c1. The Labute approximate surface area is 324 Å². The van der Waals surface area contributed by atoms with Crippen molar-refractivity contribution >= 4 is 16.8 Å². The average molecular weight is 758 g/mol. The van der Waals surface area contributed by atoms with Crippen LogP contribution >= 0.6 is 0 Å². The minimum atomic E-state index is -0.857. The number of hydrogen-bond acceptors (Lipinski definition) is 10. The molecule has 2 aromatic heterocycles. The highest BCUT2D eigenvalue weighted by Crippen LogP contribution is 2.39. The number of unbranched alkanes of at least 4 members (excludes halogenated alkanes) is 1. The van der Waals surface area contributed by atoms with Crippen molar-refractivity contribution in [2.24, 2.45) is 7.05 Å². The zero-order chi connectivity index (χ0) is 38.6. The number of nitrogens with one attached hydrogen (secondary N) is 3. The molecule has 0 saturated carbocycles. The lowest BCUT2D eigenvalue weighted by atomic mass is 9.83. The van der Waals surface area contributed by atoms with Crippen molar-refractivity contribution in [2.75, 3.05) is 72.2 Å². The topological polar surface area (TPSA) is 157 Å². The molecule has 298 valence electrons. The number of carbonyl (C=O) groups is 1. The number of morpholine rings is 1. The van der Waals surface area contributed by atoms with Crippen molar-refractivity contribution in [2.45, 2.75) is 69.6 Å². The Morgan fingerprint density at radius 1 is 1.15 bits per heavy atom. The van der Waals surface area contributed by atoms with Crippen LogP contribution in [0.1, 0.15) is 73.6 Å². The number of ether oxygens (including phenoxy) is 2. The Kier molecular flexibility index (Phi) is 14.5. The second-order valence-corrected chi connectivity index (χ2v) is 15.1. The molecule has 55 heavy (non-hydrogen) atoms. The molecular formula is C42H59N7O6. The number of carbonyl (C=O) groups excluding carboxylic acids is 1. The van der Waals surface area contributed by atoms with Gasteiger partial charge in [-0.05, 0) is 67.0 Å². The molecule has 0 radical (unpaired) electrons. The Morgan fingerprint density at radius 3 is 2.78 bits per heavy atom. The lowest BCUT2D eigenvalue weighted by molar-refractivity contribution is -0.132. The van der Waals surface area contributed by atoms with Crippen LogP contribution in [0, 0.1) is 0 Å². The number of aromatic nitrogens is 3. The number of piperidine rings is 1. The number of phenols is 1. The molecule has 2 aromatic carbocycles. The minimum Gasteiger partial charge on any atom is -0.506 e. The Hall–Kier alpha value is -4.11. The molecule has 2 aliphatic rings. The summed E-state index contributed by atoms with van der Waals surface area (Å²) in [5, 5.41) is 33.2. The molecule has 13 heteroatoms. The van der Waals surface area contributed by atoms with Gasteiger partial charge in [0.25, 0.3) is 0 Å². The van der Waals surface area contributed by atoms with E-state index in [1.165, 1.54) is 23.3 Å². The Bertz CT molecular complexity index is 1890. The van der Waals surface area contributed by atoms with Gasteiger partial charge in [0.1, 0.15) is 5.75 Å². The number of H-pyrrole nitrogens is 1. The van der Waals surface area contributed by atoms with E-state index in [1.54, 1.807) is 12.1 Å². The highest BCUT2D eigenvalue weighted by atomic mass is 16.5. The molecule has 3 atom stereocenters. The highest BCUT2D eigenvalue weighted by molar-refractivity contribution is 5.87. The molecule has 2 fully saturated rings. The van der Waals surface area contributed by atoms with Crippen LogP contribution in [-0.4, -0.2) is 118 Å². The van der Waals surface area contributed by atoms with Crippen LogP contribution in [0.5, 0.6) is 5.75 Å². The fourth-order valence-corrected chi connectivity index (χ4v) is 7.90. The molecule has 2 aliphatic heterocycles. The first kappa shape index (κ1) is 40.6. The number of likely N-dealkylation sites (tertiary alicyclic amines) is 1. The Balaban J connectivity index is 0.918. The largest absolute Gasteiger partial charge is 0.506 e. The maximum absolute atomic E-state index is 13.2. The summed E-state index contributed by atoms with van der Waals surface area (Å²) in [4.78, 5) is 32.0. The van der Waals surface area contributed by atoms with E-state index in [9.17, 15) is 19.8 Å². The number of benzene rings is 2. The fraction of sp³-hybridized carbons (Fsp3) is 0.548. The summed E-state index contributed by atoms with van der Waals surface area (Å²) in [7, 11) is 1.98. The summed E-state index contributed by atoms with van der Waals surface area (Å²) in [6.07, 6.45) is 7.09. The maximum Gasteiger partial charge on any atom is 0.248 e. The number of aromatic hydroxyl groups is 1. The van der Waals surface area contributed by atoms with E-state index in [2.05, 4.69) is 57.8 Å².